The number of hydrogen-bond donors (Lipinski definition) is 1. The van der Waals surface area contributed by atoms with E-state index in [0.717, 1.165) is 23.8 Å². The molecule has 2 nitrogen and oxygen atoms in total. The highest BCUT2D eigenvalue weighted by Gasteiger charge is 2.11. The van der Waals surface area contributed by atoms with Crippen LogP contribution in [0.1, 0.15) is 18.7 Å². The highest BCUT2D eigenvalue weighted by Crippen LogP contribution is 2.21. The first-order chi connectivity index (χ1) is 7.63. The predicted octanol–water partition coefficient (Wildman–Crippen LogP) is 3.33. The van der Waals surface area contributed by atoms with Gasteiger partial charge in [-0.3, -0.25) is 0 Å². The maximum absolute atomic E-state index is 8.91. The monoisotopic (exact) mass is 256 g/mol. The second kappa shape index (κ2) is 6.90. The Morgan fingerprint density at radius 2 is 2.25 bits per heavy atom. The molecule has 1 heterocycles. The third-order valence-electron chi connectivity index (χ3n) is 2.51. The molecule has 0 fully saturated rings. The molecule has 1 atom stereocenters. The van der Waals surface area contributed by atoms with Crippen LogP contribution in [0.15, 0.2) is 12.1 Å². The molecule has 0 saturated heterocycles. The van der Waals surface area contributed by atoms with Gasteiger partial charge in [0.05, 0.1) is 16.3 Å². The molecular weight excluding hydrogens is 240 g/mol. The normalized spacial score (nSPS) is 12.7. The largest absolute Gasteiger partial charge is 0.315 e. The molecular formula is C12H17ClN2S. The number of halogens is 1. The van der Waals surface area contributed by atoms with E-state index in [0.29, 0.717) is 5.92 Å². The van der Waals surface area contributed by atoms with Crippen LogP contribution in [-0.4, -0.2) is 13.1 Å². The van der Waals surface area contributed by atoms with Crippen LogP contribution in [0, 0.1) is 23.2 Å². The molecule has 0 aromatic carbocycles. The number of rotatable bonds is 6. The van der Waals surface area contributed by atoms with Crippen molar-refractivity contribution in [3.05, 3.63) is 21.3 Å². The molecule has 88 valence electrons. The smallest absolute Gasteiger partial charge is 0.0931 e. The van der Waals surface area contributed by atoms with E-state index in [2.05, 4.69) is 31.3 Å². The zero-order valence-corrected chi connectivity index (χ0v) is 11.2. The van der Waals surface area contributed by atoms with Crippen molar-refractivity contribution in [2.24, 2.45) is 11.8 Å². The molecule has 4 heteroatoms. The lowest BCUT2D eigenvalue weighted by Gasteiger charge is -2.13. The van der Waals surface area contributed by atoms with Crippen LogP contribution >= 0.6 is 22.9 Å². The summed E-state index contributed by atoms with van der Waals surface area (Å²) in [6.07, 6.45) is 0.980. The summed E-state index contributed by atoms with van der Waals surface area (Å²) in [5, 5.41) is 12.2. The maximum Gasteiger partial charge on any atom is 0.0931 e. The molecule has 0 saturated carbocycles. The fourth-order valence-electron chi connectivity index (χ4n) is 1.39. The van der Waals surface area contributed by atoms with E-state index in [1.807, 2.05) is 6.07 Å². The molecule has 16 heavy (non-hydrogen) atoms. The molecule has 1 aromatic rings. The quantitative estimate of drug-likeness (QED) is 0.793. The molecule has 1 rings (SSSR count). The van der Waals surface area contributed by atoms with Crippen molar-refractivity contribution in [3.8, 4) is 6.07 Å². The average Bonchev–Trinajstić information content (AvgIpc) is 2.64. The molecule has 0 aliphatic rings. The molecule has 0 radical (unpaired) electrons. The Morgan fingerprint density at radius 1 is 1.50 bits per heavy atom. The SMILES string of the molecule is CC(C)C(C#N)CNCCc1ccc(Cl)s1. The molecule has 1 unspecified atom stereocenters. The van der Waals surface area contributed by atoms with Crippen molar-refractivity contribution >= 4 is 22.9 Å². The van der Waals surface area contributed by atoms with Crippen molar-refractivity contribution in [2.75, 3.05) is 13.1 Å². The molecule has 0 bridgehead atoms. The van der Waals surface area contributed by atoms with Crippen molar-refractivity contribution in [1.29, 1.82) is 5.26 Å². The van der Waals surface area contributed by atoms with Gasteiger partial charge in [0, 0.05) is 18.0 Å². The minimum absolute atomic E-state index is 0.104. The maximum atomic E-state index is 8.91. The zero-order chi connectivity index (χ0) is 12.0. The van der Waals surface area contributed by atoms with Gasteiger partial charge in [-0.25, -0.2) is 0 Å². The van der Waals surface area contributed by atoms with Gasteiger partial charge in [0.25, 0.3) is 0 Å². The standard InChI is InChI=1S/C12H17ClN2S/c1-9(2)10(7-14)8-15-6-5-11-3-4-12(13)16-11/h3-4,9-10,15H,5-6,8H2,1-2H3. The van der Waals surface area contributed by atoms with E-state index in [9.17, 15) is 0 Å². The number of nitriles is 1. The van der Waals surface area contributed by atoms with E-state index < -0.39 is 0 Å². The summed E-state index contributed by atoms with van der Waals surface area (Å²) in [4.78, 5) is 1.29. The number of nitrogens with zero attached hydrogens (tertiary/aromatic N) is 1. The van der Waals surface area contributed by atoms with Crippen LogP contribution in [0.4, 0.5) is 0 Å². The van der Waals surface area contributed by atoms with Gasteiger partial charge in [0.2, 0.25) is 0 Å². The van der Waals surface area contributed by atoms with Gasteiger partial charge in [0.1, 0.15) is 0 Å². The predicted molar refractivity (Wildman–Crippen MR) is 69.8 cm³/mol. The van der Waals surface area contributed by atoms with E-state index in [1.165, 1.54) is 4.88 Å². The molecule has 0 aliphatic carbocycles. The molecule has 1 N–H and O–H groups in total. The minimum Gasteiger partial charge on any atom is -0.315 e. The summed E-state index contributed by atoms with van der Waals surface area (Å²) in [5.74, 6) is 0.514. The van der Waals surface area contributed by atoms with Gasteiger partial charge in [-0.2, -0.15) is 5.26 Å². The van der Waals surface area contributed by atoms with Gasteiger partial charge in [-0.1, -0.05) is 25.4 Å². The Balaban J connectivity index is 2.19. The number of nitrogens with one attached hydrogen (secondary N) is 1. The first-order valence-electron chi connectivity index (χ1n) is 5.48. The van der Waals surface area contributed by atoms with Crippen LogP contribution in [0.3, 0.4) is 0 Å². The fraction of sp³-hybridized carbons (Fsp3) is 0.583. The molecule has 1 aromatic heterocycles. The van der Waals surface area contributed by atoms with Gasteiger partial charge in [0.15, 0.2) is 0 Å². The highest BCUT2D eigenvalue weighted by molar-refractivity contribution is 7.16. The van der Waals surface area contributed by atoms with Gasteiger partial charge < -0.3 is 5.32 Å². The lowest BCUT2D eigenvalue weighted by atomic mass is 9.98. The molecule has 0 amide bonds. The Morgan fingerprint density at radius 3 is 2.75 bits per heavy atom. The first-order valence-corrected chi connectivity index (χ1v) is 6.67. The van der Waals surface area contributed by atoms with E-state index >= 15 is 0 Å². The van der Waals surface area contributed by atoms with Gasteiger partial charge >= 0.3 is 0 Å². The lowest BCUT2D eigenvalue weighted by Crippen LogP contribution is -2.26. The fourth-order valence-corrected chi connectivity index (χ4v) is 2.47. The first kappa shape index (κ1) is 13.5. The van der Waals surface area contributed by atoms with Crippen LogP contribution in [0.2, 0.25) is 4.34 Å². The topological polar surface area (TPSA) is 35.8 Å². The summed E-state index contributed by atoms with van der Waals surface area (Å²) in [5.41, 5.74) is 0. The Hall–Kier alpha value is -0.560. The van der Waals surface area contributed by atoms with Gasteiger partial charge in [-0.05, 0) is 24.5 Å². The zero-order valence-electron chi connectivity index (χ0n) is 9.66. The minimum atomic E-state index is 0.104. The van der Waals surface area contributed by atoms with Crippen LogP contribution in [-0.2, 0) is 6.42 Å². The molecule has 0 aliphatic heterocycles. The van der Waals surface area contributed by atoms with Crippen LogP contribution in [0.25, 0.3) is 0 Å². The van der Waals surface area contributed by atoms with E-state index in [1.54, 1.807) is 11.3 Å². The van der Waals surface area contributed by atoms with E-state index in [-0.39, 0.29) is 5.92 Å². The summed E-state index contributed by atoms with van der Waals surface area (Å²) in [6, 6.07) is 6.30. The summed E-state index contributed by atoms with van der Waals surface area (Å²) in [6.45, 7) is 5.83. The second-order valence-corrected chi connectivity index (χ2v) is 5.94. The summed E-state index contributed by atoms with van der Waals surface area (Å²) >= 11 is 7.46. The van der Waals surface area contributed by atoms with Crippen LogP contribution < -0.4 is 5.32 Å². The third kappa shape index (κ3) is 4.52. The number of hydrogen-bond acceptors (Lipinski definition) is 3. The second-order valence-electron chi connectivity index (χ2n) is 4.14. The van der Waals surface area contributed by atoms with Gasteiger partial charge in [-0.15, -0.1) is 11.3 Å². The third-order valence-corrected chi connectivity index (χ3v) is 3.80. The molecule has 0 spiro atoms. The highest BCUT2D eigenvalue weighted by atomic mass is 35.5. The lowest BCUT2D eigenvalue weighted by molar-refractivity contribution is 0.444. The number of thiophene rings is 1. The summed E-state index contributed by atoms with van der Waals surface area (Å²) in [7, 11) is 0. The van der Waals surface area contributed by atoms with Crippen molar-refractivity contribution in [3.63, 3.8) is 0 Å². The Labute approximate surface area is 106 Å². The van der Waals surface area contributed by atoms with Crippen molar-refractivity contribution < 1.29 is 0 Å². The van der Waals surface area contributed by atoms with E-state index in [4.69, 9.17) is 16.9 Å². The summed E-state index contributed by atoms with van der Waals surface area (Å²) < 4.78 is 0.840. The Bertz CT molecular complexity index is 354. The van der Waals surface area contributed by atoms with Crippen molar-refractivity contribution in [2.45, 2.75) is 20.3 Å². The van der Waals surface area contributed by atoms with Crippen LogP contribution in [0.5, 0.6) is 0 Å². The Kier molecular flexibility index (Phi) is 5.83. The van der Waals surface area contributed by atoms with Crippen molar-refractivity contribution in [1.82, 2.24) is 5.32 Å². The average molecular weight is 257 g/mol.